The lowest BCUT2D eigenvalue weighted by atomic mass is 10.0. The van der Waals surface area contributed by atoms with Crippen LogP contribution in [-0.2, 0) is 0 Å². The summed E-state index contributed by atoms with van der Waals surface area (Å²) < 4.78 is 0. The number of aliphatic hydroxyl groups is 1. The van der Waals surface area contributed by atoms with Gasteiger partial charge >= 0.3 is 0 Å². The molecule has 0 spiro atoms. The van der Waals surface area contributed by atoms with Crippen molar-refractivity contribution in [3.63, 3.8) is 0 Å². The van der Waals surface area contributed by atoms with E-state index < -0.39 is 0 Å². The summed E-state index contributed by atoms with van der Waals surface area (Å²) in [7, 11) is 3.83. The van der Waals surface area contributed by atoms with Gasteiger partial charge in [0.05, 0.1) is 6.61 Å². The van der Waals surface area contributed by atoms with Crippen molar-refractivity contribution in [3.05, 3.63) is 41.6 Å². The summed E-state index contributed by atoms with van der Waals surface area (Å²) >= 11 is 0. The van der Waals surface area contributed by atoms with Crippen LogP contribution < -0.4 is 16.0 Å². The molecule has 2 aromatic rings. The Balaban J connectivity index is 1.51. The number of anilines is 3. The van der Waals surface area contributed by atoms with Gasteiger partial charge in [-0.15, -0.1) is 0 Å². The number of aliphatic hydroxyl groups excluding tert-OH is 1. The van der Waals surface area contributed by atoms with Gasteiger partial charge in [-0.2, -0.15) is 4.98 Å². The topological polar surface area (TPSA) is 106 Å². The Morgan fingerprint density at radius 1 is 1.27 bits per heavy atom. The number of nitrogens with one attached hydrogen (secondary N) is 3. The molecule has 1 aromatic carbocycles. The number of likely N-dealkylation sites (N-methyl/N-ethyl adjacent to an activating group) is 2. The van der Waals surface area contributed by atoms with Gasteiger partial charge in [-0.1, -0.05) is 25.0 Å². The second-order valence-electron chi connectivity index (χ2n) is 8.98. The molecule has 2 heterocycles. The van der Waals surface area contributed by atoms with Crippen LogP contribution in [0.15, 0.2) is 30.5 Å². The number of aromatic nitrogens is 2. The van der Waals surface area contributed by atoms with E-state index in [-0.39, 0.29) is 19.1 Å². The number of nitrogens with zero attached hydrogens (tertiary/aromatic N) is 4. The lowest BCUT2D eigenvalue weighted by Gasteiger charge is -2.33. The third-order valence-corrected chi connectivity index (χ3v) is 6.56. The quantitative estimate of drug-likeness (QED) is 0.482. The predicted octanol–water partition coefficient (Wildman–Crippen LogP) is 2.22. The summed E-state index contributed by atoms with van der Waals surface area (Å²) in [5, 5.41) is 19.4. The molecule has 33 heavy (non-hydrogen) atoms. The predicted molar refractivity (Wildman–Crippen MR) is 130 cm³/mol. The van der Waals surface area contributed by atoms with E-state index in [9.17, 15) is 9.90 Å². The van der Waals surface area contributed by atoms with Crippen LogP contribution in [0.1, 0.15) is 47.6 Å². The van der Waals surface area contributed by atoms with Crippen molar-refractivity contribution in [1.29, 1.82) is 0 Å². The first-order chi connectivity index (χ1) is 16.0. The van der Waals surface area contributed by atoms with Crippen molar-refractivity contribution in [2.24, 2.45) is 0 Å². The first-order valence-electron chi connectivity index (χ1n) is 11.8. The summed E-state index contributed by atoms with van der Waals surface area (Å²) in [6, 6.07) is 9.03. The third kappa shape index (κ3) is 5.79. The van der Waals surface area contributed by atoms with Crippen molar-refractivity contribution in [1.82, 2.24) is 25.1 Å². The summed E-state index contributed by atoms with van der Waals surface area (Å²) in [4.78, 5) is 25.8. The zero-order chi connectivity index (χ0) is 23.2. The number of hydrogen-bond acceptors (Lipinski definition) is 8. The number of piperazine rings is 1. The molecule has 1 aromatic heterocycles. The molecule has 1 atom stereocenters. The molecule has 2 fully saturated rings. The van der Waals surface area contributed by atoms with E-state index in [1.807, 2.05) is 12.1 Å². The first kappa shape index (κ1) is 23.4. The molecule has 4 N–H and O–H groups in total. The molecule has 1 saturated carbocycles. The SMILES string of the molecule is CN(CCO)C(=O)c1cnc(Nc2ccc(C3CNCCN3C)cc2)nc1NC1CCCC1. The van der Waals surface area contributed by atoms with Gasteiger partial charge in [0.2, 0.25) is 5.95 Å². The Bertz CT molecular complexity index is 931. The van der Waals surface area contributed by atoms with Crippen molar-refractivity contribution < 1.29 is 9.90 Å². The largest absolute Gasteiger partial charge is 0.395 e. The van der Waals surface area contributed by atoms with Gasteiger partial charge in [-0.05, 0) is 37.6 Å². The fourth-order valence-electron chi connectivity index (χ4n) is 4.53. The van der Waals surface area contributed by atoms with E-state index >= 15 is 0 Å². The van der Waals surface area contributed by atoms with Crippen LogP contribution in [0.5, 0.6) is 0 Å². The van der Waals surface area contributed by atoms with E-state index in [1.165, 1.54) is 23.3 Å². The molecule has 1 aliphatic carbocycles. The van der Waals surface area contributed by atoms with Crippen molar-refractivity contribution >= 4 is 23.4 Å². The van der Waals surface area contributed by atoms with E-state index in [1.54, 1.807) is 13.2 Å². The highest BCUT2D eigenvalue weighted by atomic mass is 16.3. The molecule has 1 aliphatic heterocycles. The molecular weight excluding hydrogens is 418 g/mol. The Morgan fingerprint density at radius 2 is 2.03 bits per heavy atom. The summed E-state index contributed by atoms with van der Waals surface area (Å²) in [6.07, 6.45) is 6.07. The molecule has 9 nitrogen and oxygen atoms in total. The van der Waals surface area contributed by atoms with Crippen LogP contribution >= 0.6 is 0 Å². The van der Waals surface area contributed by atoms with Crippen LogP contribution in [0.3, 0.4) is 0 Å². The van der Waals surface area contributed by atoms with Gasteiger partial charge < -0.3 is 26.0 Å². The van der Waals surface area contributed by atoms with Gasteiger partial charge in [-0.3, -0.25) is 9.69 Å². The zero-order valence-corrected chi connectivity index (χ0v) is 19.5. The van der Waals surface area contributed by atoms with Crippen molar-refractivity contribution in [3.8, 4) is 0 Å². The second-order valence-corrected chi connectivity index (χ2v) is 8.98. The van der Waals surface area contributed by atoms with Gasteiger partial charge in [0.15, 0.2) is 0 Å². The maximum atomic E-state index is 12.9. The Morgan fingerprint density at radius 3 is 2.73 bits per heavy atom. The minimum atomic E-state index is -0.203. The molecule has 1 unspecified atom stereocenters. The molecule has 2 aliphatic rings. The Labute approximate surface area is 195 Å². The fourth-order valence-corrected chi connectivity index (χ4v) is 4.53. The number of amides is 1. The molecule has 4 rings (SSSR count). The number of benzene rings is 1. The lowest BCUT2D eigenvalue weighted by Crippen LogP contribution is -2.43. The number of carbonyl (C=O) groups is 1. The van der Waals surface area contributed by atoms with Crippen LogP contribution in [0.25, 0.3) is 0 Å². The van der Waals surface area contributed by atoms with Crippen LogP contribution in [-0.4, -0.2) is 83.7 Å². The third-order valence-electron chi connectivity index (χ3n) is 6.56. The average molecular weight is 454 g/mol. The fraction of sp³-hybridized carbons (Fsp3) is 0.542. The van der Waals surface area contributed by atoms with E-state index in [4.69, 9.17) is 0 Å². The first-order valence-corrected chi connectivity index (χ1v) is 11.8. The Kier molecular flexibility index (Phi) is 7.74. The summed E-state index contributed by atoms with van der Waals surface area (Å²) in [5.74, 6) is 0.785. The zero-order valence-electron chi connectivity index (χ0n) is 19.5. The summed E-state index contributed by atoms with van der Waals surface area (Å²) in [5.41, 5.74) is 2.59. The van der Waals surface area contributed by atoms with Gasteiger partial charge in [0.1, 0.15) is 11.4 Å². The molecular formula is C24H35N7O2. The smallest absolute Gasteiger partial charge is 0.259 e. The molecule has 0 radical (unpaired) electrons. The normalized spacial score (nSPS) is 19.4. The average Bonchev–Trinajstić information content (AvgIpc) is 3.33. The van der Waals surface area contributed by atoms with Crippen molar-refractivity contribution in [2.75, 3.05) is 57.5 Å². The second kappa shape index (κ2) is 10.9. The molecule has 9 heteroatoms. The molecule has 1 saturated heterocycles. The van der Waals surface area contributed by atoms with Crippen LogP contribution in [0, 0.1) is 0 Å². The highest BCUT2D eigenvalue weighted by Crippen LogP contribution is 2.26. The van der Waals surface area contributed by atoms with Crippen LogP contribution in [0.4, 0.5) is 17.5 Å². The summed E-state index contributed by atoms with van der Waals surface area (Å²) in [6.45, 7) is 3.18. The monoisotopic (exact) mass is 453 g/mol. The Hall–Kier alpha value is -2.75. The van der Waals surface area contributed by atoms with Gasteiger partial charge in [-0.25, -0.2) is 4.98 Å². The maximum Gasteiger partial charge on any atom is 0.259 e. The minimum absolute atomic E-state index is 0.0865. The minimum Gasteiger partial charge on any atom is -0.395 e. The standard InChI is InChI=1S/C24H35N7O2/c1-30-12-11-25-16-21(30)17-7-9-19(10-8-17)28-24-26-15-20(23(33)31(2)13-14-32)22(29-24)27-18-5-3-4-6-18/h7-10,15,18,21,25,32H,3-6,11-14,16H2,1-2H3,(H2,26,27,28,29). The maximum absolute atomic E-state index is 12.9. The highest BCUT2D eigenvalue weighted by molar-refractivity contribution is 5.98. The van der Waals surface area contributed by atoms with Crippen LogP contribution in [0.2, 0.25) is 0 Å². The molecule has 178 valence electrons. The lowest BCUT2D eigenvalue weighted by molar-refractivity contribution is 0.0767. The van der Waals surface area contributed by atoms with Gasteiger partial charge in [0.25, 0.3) is 5.91 Å². The van der Waals surface area contributed by atoms with E-state index in [2.05, 4.69) is 50.0 Å². The number of rotatable bonds is 8. The van der Waals surface area contributed by atoms with E-state index in [0.717, 1.165) is 38.2 Å². The molecule has 0 bridgehead atoms. The van der Waals surface area contributed by atoms with E-state index in [0.29, 0.717) is 29.4 Å². The molecule has 1 amide bonds. The van der Waals surface area contributed by atoms with Gasteiger partial charge in [0, 0.05) is 57.2 Å². The highest BCUT2D eigenvalue weighted by Gasteiger charge is 2.23. The van der Waals surface area contributed by atoms with Crippen molar-refractivity contribution in [2.45, 2.75) is 37.8 Å². The number of carbonyl (C=O) groups excluding carboxylic acids is 1. The number of hydrogen-bond donors (Lipinski definition) is 4.